The van der Waals surface area contributed by atoms with Crippen molar-refractivity contribution in [1.82, 2.24) is 9.78 Å². The van der Waals surface area contributed by atoms with Crippen LogP contribution in [-0.4, -0.2) is 26.0 Å². The van der Waals surface area contributed by atoms with Gasteiger partial charge in [0, 0.05) is 11.1 Å². The lowest BCUT2D eigenvalue weighted by atomic mass is 10.0. The van der Waals surface area contributed by atoms with E-state index in [9.17, 15) is 37.4 Å². The van der Waals surface area contributed by atoms with Crippen LogP contribution in [-0.2, 0) is 0 Å². The van der Waals surface area contributed by atoms with Gasteiger partial charge < -0.3 is 10.2 Å². The summed E-state index contributed by atoms with van der Waals surface area (Å²) in [6.07, 6.45) is 0. The van der Waals surface area contributed by atoms with E-state index in [-0.39, 0.29) is 32.9 Å². The normalized spacial score (nSPS) is 11.4. The van der Waals surface area contributed by atoms with Gasteiger partial charge in [-0.3, -0.25) is 9.89 Å². The number of aromatic carboxylic acids is 1. The van der Waals surface area contributed by atoms with Crippen molar-refractivity contribution in [3.63, 3.8) is 0 Å². The fourth-order valence-electron chi connectivity index (χ4n) is 3.51. The van der Waals surface area contributed by atoms with Gasteiger partial charge in [0.05, 0.1) is 11.3 Å². The average molecular weight is 500 g/mol. The van der Waals surface area contributed by atoms with Crippen molar-refractivity contribution in [2.75, 3.05) is 0 Å². The zero-order valence-electron chi connectivity index (χ0n) is 18.6. The Balaban J connectivity index is 1.77. The molecule has 0 radical (unpaired) electrons. The lowest BCUT2D eigenvalue weighted by molar-refractivity contribution is 0.0697. The van der Waals surface area contributed by atoms with E-state index in [4.69, 9.17) is 0 Å². The number of para-hydroxylation sites is 1. The van der Waals surface area contributed by atoms with Crippen molar-refractivity contribution in [3.8, 4) is 22.6 Å². The Morgan fingerprint density at radius 3 is 2.22 bits per heavy atom. The van der Waals surface area contributed by atoms with Crippen LogP contribution in [0.2, 0.25) is 0 Å². The Morgan fingerprint density at radius 1 is 0.944 bits per heavy atom. The summed E-state index contributed by atoms with van der Waals surface area (Å²) >= 11 is 0. The number of nitrogens with one attached hydrogen (secondary N) is 1. The molecular weight excluding hydrogens is 484 g/mol. The van der Waals surface area contributed by atoms with Crippen LogP contribution in [0.15, 0.2) is 57.5 Å². The summed E-state index contributed by atoms with van der Waals surface area (Å²) in [5.41, 5.74) is -3.30. The summed E-state index contributed by atoms with van der Waals surface area (Å²) in [6, 6.07) is 10.2. The second kappa shape index (κ2) is 9.13. The molecule has 0 aliphatic carbocycles. The largest absolute Gasteiger partial charge is 0.505 e. The summed E-state index contributed by atoms with van der Waals surface area (Å²) in [7, 11) is 0. The lowest BCUT2D eigenvalue weighted by Crippen LogP contribution is -2.19. The first-order valence-corrected chi connectivity index (χ1v) is 10.2. The first kappa shape index (κ1) is 24.4. The number of benzene rings is 3. The van der Waals surface area contributed by atoms with Gasteiger partial charge in [0.25, 0.3) is 5.56 Å². The summed E-state index contributed by atoms with van der Waals surface area (Å²) in [4.78, 5) is 24.0. The summed E-state index contributed by atoms with van der Waals surface area (Å²) in [6.45, 7) is 2.16. The first-order valence-electron chi connectivity index (χ1n) is 10.2. The molecule has 0 unspecified atom stereocenters. The maximum Gasteiger partial charge on any atom is 0.335 e. The molecule has 36 heavy (non-hydrogen) atoms. The minimum atomic E-state index is -1.77. The summed E-state index contributed by atoms with van der Waals surface area (Å²) in [5, 5.41) is 29.7. The van der Waals surface area contributed by atoms with Crippen LogP contribution in [0, 0.1) is 37.1 Å². The number of nitrogens with zero attached hydrogens (tertiary/aromatic N) is 3. The van der Waals surface area contributed by atoms with E-state index in [2.05, 4.69) is 15.3 Å². The smallest absolute Gasteiger partial charge is 0.335 e. The molecular formula is C24H16F4N4O4. The first-order chi connectivity index (χ1) is 17.0. The van der Waals surface area contributed by atoms with Gasteiger partial charge in [-0.1, -0.05) is 24.3 Å². The van der Waals surface area contributed by atoms with Crippen molar-refractivity contribution in [3.05, 3.63) is 92.9 Å². The molecule has 0 fully saturated rings. The predicted octanol–water partition coefficient (Wildman–Crippen LogP) is 5.83. The topological polar surface area (TPSA) is 120 Å². The van der Waals surface area contributed by atoms with Crippen molar-refractivity contribution >= 4 is 17.3 Å². The van der Waals surface area contributed by atoms with Crippen molar-refractivity contribution in [2.24, 2.45) is 10.2 Å². The van der Waals surface area contributed by atoms with E-state index in [0.29, 0.717) is 5.56 Å². The quantitative estimate of drug-likeness (QED) is 0.182. The van der Waals surface area contributed by atoms with Crippen LogP contribution < -0.4 is 5.56 Å². The van der Waals surface area contributed by atoms with E-state index in [1.807, 2.05) is 0 Å². The molecule has 4 aromatic rings. The van der Waals surface area contributed by atoms with Gasteiger partial charge in [-0.25, -0.2) is 27.0 Å². The maximum atomic E-state index is 14.4. The van der Waals surface area contributed by atoms with Crippen molar-refractivity contribution in [1.29, 1.82) is 0 Å². The highest BCUT2D eigenvalue weighted by Crippen LogP contribution is 2.38. The molecule has 4 rings (SSSR count). The van der Waals surface area contributed by atoms with Gasteiger partial charge in [0.1, 0.15) is 11.4 Å². The number of halogens is 4. The Bertz CT molecular complexity index is 1600. The Morgan fingerprint density at radius 2 is 1.58 bits per heavy atom. The second-order valence-electron chi connectivity index (χ2n) is 7.71. The van der Waals surface area contributed by atoms with Gasteiger partial charge in [-0.2, -0.15) is 0 Å². The third-order valence-corrected chi connectivity index (χ3v) is 5.42. The fraction of sp³-hybridized carbons (Fsp3) is 0.0833. The number of carbonyl (C=O) groups is 1. The number of H-pyrrole nitrogens is 1. The summed E-state index contributed by atoms with van der Waals surface area (Å²) in [5.74, 6) is -8.39. The average Bonchev–Trinajstić information content (AvgIpc) is 3.13. The van der Waals surface area contributed by atoms with Crippen LogP contribution in [0.3, 0.4) is 0 Å². The molecule has 12 heteroatoms. The summed E-state index contributed by atoms with van der Waals surface area (Å²) < 4.78 is 57.1. The molecule has 0 spiro atoms. The zero-order valence-corrected chi connectivity index (χ0v) is 18.6. The molecule has 3 aromatic carbocycles. The van der Waals surface area contributed by atoms with Crippen LogP contribution in [0.5, 0.6) is 5.75 Å². The minimum absolute atomic E-state index is 0.00845. The number of aromatic nitrogens is 2. The number of rotatable bonds is 5. The zero-order chi connectivity index (χ0) is 26.3. The van der Waals surface area contributed by atoms with Gasteiger partial charge in [-0.15, -0.1) is 10.2 Å². The molecule has 8 nitrogen and oxygen atoms in total. The van der Waals surface area contributed by atoms with Gasteiger partial charge in [-0.05, 0) is 37.6 Å². The van der Waals surface area contributed by atoms with E-state index in [1.165, 1.54) is 43.3 Å². The van der Waals surface area contributed by atoms with Crippen LogP contribution >= 0.6 is 0 Å². The SMILES string of the molecule is Cc1[nH]n(-c2c(F)c(F)c(C)c(F)c2F)c(=O)c1N=Nc1cccc(-c2cccc(C(=O)O)c2)c1O. The predicted molar refractivity (Wildman–Crippen MR) is 120 cm³/mol. The number of carboxylic acid groups (broad SMARTS) is 1. The third kappa shape index (κ3) is 4.02. The minimum Gasteiger partial charge on any atom is -0.505 e. The standard InChI is InChI=1S/C24H16F4N4O4/c1-10-16(25)18(27)21(19(28)17(10)26)32-23(34)20(11(2)31-32)30-29-15-8-4-7-14(22(15)33)12-5-3-6-13(9-12)24(35)36/h3-9,31,33H,1-2H3,(H,35,36). The van der Waals surface area contributed by atoms with E-state index >= 15 is 0 Å². The molecule has 0 aliphatic rings. The number of aryl methyl sites for hydroxylation is 1. The lowest BCUT2D eigenvalue weighted by Gasteiger charge is -2.09. The van der Waals surface area contributed by atoms with Crippen LogP contribution in [0.4, 0.5) is 28.9 Å². The van der Waals surface area contributed by atoms with E-state index in [1.54, 1.807) is 6.07 Å². The highest BCUT2D eigenvalue weighted by atomic mass is 19.2. The van der Waals surface area contributed by atoms with Gasteiger partial charge in [0.15, 0.2) is 34.7 Å². The highest BCUT2D eigenvalue weighted by molar-refractivity contribution is 5.90. The molecule has 0 atom stereocenters. The molecule has 0 saturated carbocycles. The third-order valence-electron chi connectivity index (χ3n) is 5.42. The Kier molecular flexibility index (Phi) is 6.19. The van der Waals surface area contributed by atoms with Gasteiger partial charge in [0.2, 0.25) is 0 Å². The molecule has 0 bridgehead atoms. The number of phenols is 1. The molecule has 0 amide bonds. The number of carboxylic acids is 1. The van der Waals surface area contributed by atoms with E-state index < -0.39 is 51.7 Å². The molecule has 0 saturated heterocycles. The van der Waals surface area contributed by atoms with Crippen LogP contribution in [0.25, 0.3) is 16.8 Å². The number of aromatic hydroxyl groups is 1. The van der Waals surface area contributed by atoms with E-state index in [0.717, 1.165) is 6.92 Å². The number of hydrogen-bond acceptors (Lipinski definition) is 5. The van der Waals surface area contributed by atoms with Crippen molar-refractivity contribution in [2.45, 2.75) is 13.8 Å². The molecule has 184 valence electrons. The molecule has 1 heterocycles. The molecule has 0 aliphatic heterocycles. The number of azo groups is 1. The number of phenolic OH excluding ortho intramolecular Hbond substituents is 1. The molecule has 3 N–H and O–H groups in total. The maximum absolute atomic E-state index is 14.4. The Labute approximate surface area is 199 Å². The Hall–Kier alpha value is -4.74. The highest BCUT2D eigenvalue weighted by Gasteiger charge is 2.27. The monoisotopic (exact) mass is 500 g/mol. The fourth-order valence-corrected chi connectivity index (χ4v) is 3.51. The second-order valence-corrected chi connectivity index (χ2v) is 7.71. The van der Waals surface area contributed by atoms with Crippen molar-refractivity contribution < 1.29 is 32.6 Å². The number of aromatic amines is 1. The van der Waals surface area contributed by atoms with Crippen LogP contribution in [0.1, 0.15) is 21.6 Å². The van der Waals surface area contributed by atoms with Gasteiger partial charge >= 0.3 is 5.97 Å². The molecule has 1 aromatic heterocycles. The number of hydrogen-bond donors (Lipinski definition) is 3.